The largest absolute Gasteiger partial charge is 0.497 e. The van der Waals surface area contributed by atoms with E-state index in [2.05, 4.69) is 31.0 Å². The van der Waals surface area contributed by atoms with Gasteiger partial charge in [-0.3, -0.25) is 0 Å². The molecule has 1 rings (SSSR count). The van der Waals surface area contributed by atoms with Gasteiger partial charge in [-0.2, -0.15) is 0 Å². The number of methoxy groups -OCH3 is 1. The Morgan fingerprint density at radius 1 is 1.22 bits per heavy atom. The Morgan fingerprint density at radius 3 is 2.44 bits per heavy atom. The fraction of sp³-hybridized carbons (Fsp3) is 0.600. The summed E-state index contributed by atoms with van der Waals surface area (Å²) < 4.78 is 5.15. The lowest BCUT2D eigenvalue weighted by Crippen LogP contribution is -2.20. The normalized spacial score (nSPS) is 12.7. The molecule has 3 nitrogen and oxygen atoms in total. The summed E-state index contributed by atoms with van der Waals surface area (Å²) in [6.45, 7) is 4.18. The molecule has 1 aromatic carbocycles. The topological polar surface area (TPSA) is 38.5 Å². The van der Waals surface area contributed by atoms with Crippen molar-refractivity contribution in [3.05, 3.63) is 29.8 Å². The van der Waals surface area contributed by atoms with Crippen LogP contribution in [0.15, 0.2) is 24.3 Å². The Labute approximate surface area is 111 Å². The summed E-state index contributed by atoms with van der Waals surface area (Å²) in [5.41, 5.74) is 7.06. The van der Waals surface area contributed by atoms with E-state index in [1.807, 2.05) is 12.1 Å². The molecule has 0 aliphatic carbocycles. The molecule has 3 heteroatoms. The van der Waals surface area contributed by atoms with Crippen molar-refractivity contribution in [3.8, 4) is 5.75 Å². The Hall–Kier alpha value is -1.06. The first-order chi connectivity index (χ1) is 8.61. The molecule has 0 aromatic heterocycles. The first-order valence-corrected chi connectivity index (χ1v) is 6.69. The molecule has 102 valence electrons. The zero-order valence-corrected chi connectivity index (χ0v) is 11.9. The molecule has 0 aliphatic rings. The average Bonchev–Trinajstić information content (AvgIpc) is 2.35. The monoisotopic (exact) mass is 250 g/mol. The van der Waals surface area contributed by atoms with Crippen molar-refractivity contribution in [3.63, 3.8) is 0 Å². The second kappa shape index (κ2) is 8.11. The maximum absolute atomic E-state index is 5.73. The number of nitrogens with zero attached hydrogens (tertiary/aromatic N) is 1. The summed E-state index contributed by atoms with van der Waals surface area (Å²) in [4.78, 5) is 2.35. The van der Waals surface area contributed by atoms with Gasteiger partial charge in [0.2, 0.25) is 0 Å². The van der Waals surface area contributed by atoms with Crippen LogP contribution in [0.1, 0.15) is 31.7 Å². The molecule has 18 heavy (non-hydrogen) atoms. The predicted octanol–water partition coefficient (Wildman–Crippen LogP) is 2.64. The van der Waals surface area contributed by atoms with Gasteiger partial charge in [0.1, 0.15) is 5.75 Å². The lowest BCUT2D eigenvalue weighted by atomic mass is 10.1. The van der Waals surface area contributed by atoms with Crippen LogP contribution in [-0.2, 0) is 6.54 Å². The van der Waals surface area contributed by atoms with Crippen LogP contribution in [0.4, 0.5) is 0 Å². The molecule has 0 heterocycles. The van der Waals surface area contributed by atoms with Gasteiger partial charge in [0.05, 0.1) is 7.11 Å². The van der Waals surface area contributed by atoms with Gasteiger partial charge in [-0.1, -0.05) is 18.6 Å². The van der Waals surface area contributed by atoms with Gasteiger partial charge in [0.25, 0.3) is 0 Å². The third kappa shape index (κ3) is 6.03. The zero-order chi connectivity index (χ0) is 13.4. The van der Waals surface area contributed by atoms with Crippen LogP contribution < -0.4 is 10.5 Å². The van der Waals surface area contributed by atoms with E-state index in [0.29, 0.717) is 6.04 Å². The molecule has 0 spiro atoms. The summed E-state index contributed by atoms with van der Waals surface area (Å²) in [5, 5.41) is 0. The fourth-order valence-corrected chi connectivity index (χ4v) is 1.97. The minimum Gasteiger partial charge on any atom is -0.497 e. The second-order valence-corrected chi connectivity index (χ2v) is 5.06. The first-order valence-electron chi connectivity index (χ1n) is 6.69. The highest BCUT2D eigenvalue weighted by molar-refractivity contribution is 5.26. The number of nitrogens with two attached hydrogens (primary N) is 1. The van der Waals surface area contributed by atoms with E-state index >= 15 is 0 Å². The van der Waals surface area contributed by atoms with Crippen LogP contribution in [0, 0.1) is 0 Å². The minimum atomic E-state index is 0.330. The molecular weight excluding hydrogens is 224 g/mol. The van der Waals surface area contributed by atoms with E-state index in [1.165, 1.54) is 18.4 Å². The standard InChI is InChI=1S/C15H26N2O/c1-13(16)6-4-5-11-17(2)12-14-7-9-15(18-3)10-8-14/h7-10,13H,4-6,11-12,16H2,1-3H3. The van der Waals surface area contributed by atoms with E-state index in [4.69, 9.17) is 10.5 Å². The Kier molecular flexibility index (Phi) is 6.76. The maximum Gasteiger partial charge on any atom is 0.118 e. The highest BCUT2D eigenvalue weighted by Gasteiger charge is 2.01. The Balaban J connectivity index is 2.24. The lowest BCUT2D eigenvalue weighted by molar-refractivity contribution is 0.315. The molecule has 0 amide bonds. The molecule has 1 atom stereocenters. The molecular formula is C15H26N2O. The Bertz CT molecular complexity index is 322. The van der Waals surface area contributed by atoms with E-state index in [1.54, 1.807) is 7.11 Å². The van der Waals surface area contributed by atoms with Crippen molar-refractivity contribution in [1.29, 1.82) is 0 Å². The summed E-state index contributed by atoms with van der Waals surface area (Å²) >= 11 is 0. The van der Waals surface area contributed by atoms with Crippen molar-refractivity contribution in [2.24, 2.45) is 5.73 Å². The lowest BCUT2D eigenvalue weighted by Gasteiger charge is -2.17. The molecule has 0 bridgehead atoms. The van der Waals surface area contributed by atoms with Gasteiger partial charge in [0.15, 0.2) is 0 Å². The SMILES string of the molecule is COc1ccc(CN(C)CCCCC(C)N)cc1. The molecule has 0 saturated heterocycles. The molecule has 1 aromatic rings. The number of benzene rings is 1. The van der Waals surface area contributed by atoms with Crippen molar-refractivity contribution < 1.29 is 4.74 Å². The molecule has 0 saturated carbocycles. The van der Waals surface area contributed by atoms with E-state index in [-0.39, 0.29) is 0 Å². The van der Waals surface area contributed by atoms with Gasteiger partial charge in [-0.15, -0.1) is 0 Å². The molecule has 0 aliphatic heterocycles. The number of hydrogen-bond acceptors (Lipinski definition) is 3. The third-order valence-corrected chi connectivity index (χ3v) is 3.06. The average molecular weight is 250 g/mol. The van der Waals surface area contributed by atoms with Crippen LogP contribution in [0.5, 0.6) is 5.75 Å². The molecule has 2 N–H and O–H groups in total. The van der Waals surface area contributed by atoms with E-state index in [9.17, 15) is 0 Å². The summed E-state index contributed by atoms with van der Waals surface area (Å²) in [6.07, 6.45) is 3.55. The van der Waals surface area contributed by atoms with Gasteiger partial charge < -0.3 is 15.4 Å². The van der Waals surface area contributed by atoms with E-state index in [0.717, 1.165) is 25.3 Å². The van der Waals surface area contributed by atoms with E-state index < -0.39 is 0 Å². The molecule has 1 unspecified atom stereocenters. The Morgan fingerprint density at radius 2 is 1.89 bits per heavy atom. The van der Waals surface area contributed by atoms with Crippen LogP contribution >= 0.6 is 0 Å². The maximum atomic E-state index is 5.73. The summed E-state index contributed by atoms with van der Waals surface area (Å²) in [6, 6.07) is 8.60. The minimum absolute atomic E-state index is 0.330. The highest BCUT2D eigenvalue weighted by Crippen LogP contribution is 2.12. The third-order valence-electron chi connectivity index (χ3n) is 3.06. The van der Waals surface area contributed by atoms with Crippen molar-refractivity contribution in [2.75, 3.05) is 20.7 Å². The van der Waals surface area contributed by atoms with Gasteiger partial charge >= 0.3 is 0 Å². The van der Waals surface area contributed by atoms with Gasteiger partial charge in [0, 0.05) is 12.6 Å². The van der Waals surface area contributed by atoms with Crippen molar-refractivity contribution in [2.45, 2.75) is 38.8 Å². The molecule has 0 fully saturated rings. The van der Waals surface area contributed by atoms with Crippen LogP contribution in [0.25, 0.3) is 0 Å². The number of unbranched alkanes of at least 4 members (excludes halogenated alkanes) is 1. The van der Waals surface area contributed by atoms with Crippen molar-refractivity contribution >= 4 is 0 Å². The highest BCUT2D eigenvalue weighted by atomic mass is 16.5. The predicted molar refractivity (Wildman–Crippen MR) is 76.8 cm³/mol. The zero-order valence-electron chi connectivity index (χ0n) is 11.9. The number of hydrogen-bond donors (Lipinski definition) is 1. The number of rotatable bonds is 8. The smallest absolute Gasteiger partial charge is 0.118 e. The summed E-state index contributed by atoms with van der Waals surface area (Å²) in [5.74, 6) is 0.915. The van der Waals surface area contributed by atoms with Crippen LogP contribution in [-0.4, -0.2) is 31.6 Å². The first kappa shape index (κ1) is 15.0. The second-order valence-electron chi connectivity index (χ2n) is 5.06. The van der Waals surface area contributed by atoms with Gasteiger partial charge in [-0.25, -0.2) is 0 Å². The van der Waals surface area contributed by atoms with Crippen LogP contribution in [0.2, 0.25) is 0 Å². The number of ether oxygens (including phenoxy) is 1. The van der Waals surface area contributed by atoms with Gasteiger partial charge in [-0.05, 0) is 51.1 Å². The quantitative estimate of drug-likeness (QED) is 0.721. The van der Waals surface area contributed by atoms with Crippen molar-refractivity contribution in [1.82, 2.24) is 4.90 Å². The van der Waals surface area contributed by atoms with Crippen LogP contribution in [0.3, 0.4) is 0 Å². The fourth-order valence-electron chi connectivity index (χ4n) is 1.97. The molecule has 0 radical (unpaired) electrons. The summed E-state index contributed by atoms with van der Waals surface area (Å²) in [7, 11) is 3.86.